The number of fused-ring (bicyclic) bond motifs is 1. The molecule has 0 atom stereocenters. The van der Waals surface area contributed by atoms with E-state index in [0.29, 0.717) is 5.57 Å². The van der Waals surface area contributed by atoms with Crippen LogP contribution in [0.15, 0.2) is 51.9 Å². The number of hydrogen-bond acceptors (Lipinski definition) is 6. The Morgan fingerprint density at radius 2 is 2.00 bits per heavy atom. The van der Waals surface area contributed by atoms with Crippen molar-refractivity contribution < 1.29 is 9.53 Å². The minimum atomic E-state index is -0.129. The molecule has 1 amide bonds. The topological polar surface area (TPSA) is 69.5 Å². The minimum absolute atomic E-state index is 0.129. The first-order valence-corrected chi connectivity index (χ1v) is 11.4. The molecule has 1 aromatic rings. The van der Waals surface area contributed by atoms with Crippen molar-refractivity contribution in [2.45, 2.75) is 40.2 Å². The number of carbonyl (C=O) groups excluding carboxylic acids is 1. The molecular weight excluding hydrogens is 402 g/mol. The van der Waals surface area contributed by atoms with Crippen LogP contribution in [0.2, 0.25) is 0 Å². The van der Waals surface area contributed by atoms with Crippen LogP contribution in [0.1, 0.15) is 38.3 Å². The van der Waals surface area contributed by atoms with E-state index >= 15 is 0 Å². The van der Waals surface area contributed by atoms with Crippen molar-refractivity contribution in [2.75, 3.05) is 39.8 Å². The molecular formula is C25H35N5O2. The predicted octanol–water partition coefficient (Wildman–Crippen LogP) is 3.17. The van der Waals surface area contributed by atoms with Crippen molar-refractivity contribution in [2.24, 2.45) is 9.98 Å². The van der Waals surface area contributed by atoms with Gasteiger partial charge in [0, 0.05) is 58.0 Å². The van der Waals surface area contributed by atoms with Crippen LogP contribution >= 0.6 is 0 Å². The lowest BCUT2D eigenvalue weighted by molar-refractivity contribution is -0.117. The van der Waals surface area contributed by atoms with Crippen LogP contribution in [0.4, 0.5) is 0 Å². The summed E-state index contributed by atoms with van der Waals surface area (Å²) in [5.41, 5.74) is 3.96. The number of nitrogens with zero attached hydrogens (tertiary/aromatic N) is 4. The Hall–Kier alpha value is -2.93. The Kier molecular flexibility index (Phi) is 8.62. The quantitative estimate of drug-likeness (QED) is 0.501. The highest BCUT2D eigenvalue weighted by Crippen LogP contribution is 2.27. The number of nitrogens with one attached hydrogen (secondary N) is 1. The fraction of sp³-hybridized carbons (Fsp3) is 0.480. The Morgan fingerprint density at radius 3 is 2.72 bits per heavy atom. The second-order valence-electron chi connectivity index (χ2n) is 8.19. The first-order valence-electron chi connectivity index (χ1n) is 11.4. The monoisotopic (exact) mass is 437 g/mol. The van der Waals surface area contributed by atoms with Crippen LogP contribution in [0.5, 0.6) is 5.75 Å². The molecule has 1 fully saturated rings. The van der Waals surface area contributed by atoms with E-state index in [-0.39, 0.29) is 5.91 Å². The van der Waals surface area contributed by atoms with Gasteiger partial charge in [-0.15, -0.1) is 0 Å². The molecule has 2 aliphatic rings. The van der Waals surface area contributed by atoms with E-state index in [4.69, 9.17) is 9.73 Å². The standard InChI is InChI=1S/C25H35N5O2/c1-5-6-24(28-17-20(3)27-16-19(2)25(31)26-4)30-12-10-29(11-13-30)18-21-7-8-22-9-14-32-23(22)15-21/h6-8,15-17H,5,9-14,18H2,1-4H3,(H,26,31)/b19-16+,24-6+,27-20+,28-17-. The van der Waals surface area contributed by atoms with Crippen molar-refractivity contribution in [1.82, 2.24) is 15.1 Å². The van der Waals surface area contributed by atoms with Crippen LogP contribution in [0, 0.1) is 0 Å². The second-order valence-corrected chi connectivity index (χ2v) is 8.19. The summed E-state index contributed by atoms with van der Waals surface area (Å²) in [5, 5.41) is 2.59. The van der Waals surface area contributed by atoms with Gasteiger partial charge in [-0.25, -0.2) is 4.99 Å². The summed E-state index contributed by atoms with van der Waals surface area (Å²) in [4.78, 5) is 25.4. The molecule has 3 rings (SSSR count). The smallest absolute Gasteiger partial charge is 0.248 e. The summed E-state index contributed by atoms with van der Waals surface area (Å²) < 4.78 is 5.71. The van der Waals surface area contributed by atoms with Crippen LogP contribution in [0.3, 0.4) is 0 Å². The number of aliphatic imine (C=N–C) groups is 2. The zero-order chi connectivity index (χ0) is 22.9. The second kappa shape index (κ2) is 11.6. The molecule has 32 heavy (non-hydrogen) atoms. The van der Waals surface area contributed by atoms with Crippen molar-refractivity contribution in [3.05, 3.63) is 53.0 Å². The van der Waals surface area contributed by atoms with Crippen LogP contribution in [-0.4, -0.2) is 67.5 Å². The largest absolute Gasteiger partial charge is 0.493 e. The lowest BCUT2D eigenvalue weighted by atomic mass is 10.1. The molecule has 1 saturated heterocycles. The van der Waals surface area contributed by atoms with Crippen LogP contribution in [0.25, 0.3) is 0 Å². The highest BCUT2D eigenvalue weighted by atomic mass is 16.5. The molecule has 0 spiro atoms. The number of likely N-dealkylation sites (N-methyl/N-ethyl adjacent to an activating group) is 1. The fourth-order valence-electron chi connectivity index (χ4n) is 3.80. The summed E-state index contributed by atoms with van der Waals surface area (Å²) in [7, 11) is 1.61. The molecule has 172 valence electrons. The van der Waals surface area contributed by atoms with Gasteiger partial charge in [0.05, 0.1) is 18.5 Å². The van der Waals surface area contributed by atoms with Gasteiger partial charge in [-0.2, -0.15) is 0 Å². The Balaban J connectivity index is 1.55. The van der Waals surface area contributed by atoms with E-state index in [2.05, 4.69) is 51.3 Å². The van der Waals surface area contributed by atoms with Gasteiger partial charge in [-0.1, -0.05) is 19.1 Å². The number of piperazine rings is 1. The SMILES string of the molecule is CC\C=C(/N=C\C(C)=N\C=C(/C)C(=O)NC)N1CCN(Cc2ccc3c(c2)OCC3)CC1. The van der Waals surface area contributed by atoms with Gasteiger partial charge in [0.25, 0.3) is 0 Å². The maximum Gasteiger partial charge on any atom is 0.248 e. The summed E-state index contributed by atoms with van der Waals surface area (Å²) in [6.07, 6.45) is 7.45. The number of ether oxygens (including phenoxy) is 1. The van der Waals surface area contributed by atoms with E-state index in [1.807, 2.05) is 6.92 Å². The van der Waals surface area contributed by atoms with Crippen molar-refractivity contribution in [3.63, 3.8) is 0 Å². The highest BCUT2D eigenvalue weighted by molar-refractivity contribution is 6.29. The zero-order valence-electron chi connectivity index (χ0n) is 19.7. The van der Waals surface area contributed by atoms with Gasteiger partial charge < -0.3 is 15.0 Å². The van der Waals surface area contributed by atoms with E-state index in [9.17, 15) is 4.79 Å². The van der Waals surface area contributed by atoms with Crippen molar-refractivity contribution in [1.29, 1.82) is 0 Å². The Morgan fingerprint density at radius 1 is 1.22 bits per heavy atom. The molecule has 0 bridgehead atoms. The van der Waals surface area contributed by atoms with Crippen molar-refractivity contribution in [3.8, 4) is 5.75 Å². The third-order valence-electron chi connectivity index (χ3n) is 5.68. The third-order valence-corrected chi connectivity index (χ3v) is 5.68. The lowest BCUT2D eigenvalue weighted by Gasteiger charge is -2.36. The minimum Gasteiger partial charge on any atom is -0.493 e. The molecule has 0 saturated carbocycles. The lowest BCUT2D eigenvalue weighted by Crippen LogP contribution is -2.45. The molecule has 1 aromatic carbocycles. The van der Waals surface area contributed by atoms with Crippen LogP contribution in [-0.2, 0) is 17.8 Å². The van der Waals surface area contributed by atoms with E-state index < -0.39 is 0 Å². The van der Waals surface area contributed by atoms with Gasteiger partial charge in [-0.05, 0) is 43.5 Å². The molecule has 0 aromatic heterocycles. The van der Waals surface area contributed by atoms with Gasteiger partial charge in [-0.3, -0.25) is 14.7 Å². The highest BCUT2D eigenvalue weighted by Gasteiger charge is 2.19. The first-order chi connectivity index (χ1) is 15.5. The maximum atomic E-state index is 11.6. The number of allylic oxidation sites excluding steroid dienone is 1. The molecule has 2 heterocycles. The summed E-state index contributed by atoms with van der Waals surface area (Å²) in [5.74, 6) is 1.91. The van der Waals surface area contributed by atoms with Gasteiger partial charge in [0.15, 0.2) is 0 Å². The molecule has 1 N–H and O–H groups in total. The average molecular weight is 438 g/mol. The molecule has 2 aliphatic heterocycles. The Labute approximate surface area is 191 Å². The summed E-state index contributed by atoms with van der Waals surface area (Å²) >= 11 is 0. The van der Waals surface area contributed by atoms with E-state index in [1.54, 1.807) is 26.4 Å². The first kappa shape index (κ1) is 23.7. The molecule has 0 radical (unpaired) electrons. The number of amides is 1. The van der Waals surface area contributed by atoms with Crippen LogP contribution < -0.4 is 10.1 Å². The number of hydrogen-bond donors (Lipinski definition) is 1. The van der Waals surface area contributed by atoms with E-state index in [1.165, 1.54) is 11.1 Å². The molecule has 7 heteroatoms. The Bertz CT molecular complexity index is 924. The third kappa shape index (κ3) is 6.53. The maximum absolute atomic E-state index is 11.6. The number of rotatable bonds is 8. The molecule has 7 nitrogen and oxygen atoms in total. The molecule has 0 aliphatic carbocycles. The van der Waals surface area contributed by atoms with Gasteiger partial charge >= 0.3 is 0 Å². The summed E-state index contributed by atoms with van der Waals surface area (Å²) in [6, 6.07) is 6.64. The van der Waals surface area contributed by atoms with E-state index in [0.717, 1.165) is 69.5 Å². The predicted molar refractivity (Wildman–Crippen MR) is 130 cm³/mol. The fourth-order valence-corrected chi connectivity index (χ4v) is 3.80. The number of benzene rings is 1. The van der Waals surface area contributed by atoms with Gasteiger partial charge in [0.1, 0.15) is 11.6 Å². The van der Waals surface area contributed by atoms with Crippen molar-refractivity contribution >= 4 is 17.8 Å². The molecule has 0 unspecified atom stereocenters. The normalized spacial score (nSPS) is 18.1. The van der Waals surface area contributed by atoms with Gasteiger partial charge in [0.2, 0.25) is 5.91 Å². The summed E-state index contributed by atoms with van der Waals surface area (Å²) in [6.45, 7) is 11.4. The average Bonchev–Trinajstić information content (AvgIpc) is 3.28. The number of carbonyl (C=O) groups is 1. The zero-order valence-corrected chi connectivity index (χ0v) is 19.7.